The topological polar surface area (TPSA) is 21.3 Å². The van der Waals surface area contributed by atoms with E-state index in [1.807, 2.05) is 0 Å². The molecule has 256 valence electrons. The second kappa shape index (κ2) is 10.7. The highest BCUT2D eigenvalue weighted by Crippen LogP contribution is 2.66. The maximum atomic E-state index is 7.04. The van der Waals surface area contributed by atoms with Crippen molar-refractivity contribution in [2.45, 2.75) is 44.6 Å². The summed E-state index contributed by atoms with van der Waals surface area (Å²) in [5.41, 5.74) is 14.2. The highest BCUT2D eigenvalue weighted by atomic mass is 16.3. The smallest absolute Gasteiger partial charge is 0.134 e. The third-order valence-electron chi connectivity index (χ3n) is 12.8. The molecule has 0 saturated heterocycles. The zero-order valence-corrected chi connectivity index (χ0v) is 30.5. The lowest BCUT2D eigenvalue weighted by molar-refractivity contribution is 0.386. The van der Waals surface area contributed by atoms with Gasteiger partial charge in [0.1, 0.15) is 11.3 Å². The summed E-state index contributed by atoms with van der Waals surface area (Å²) in [7, 11) is 0. The van der Waals surface area contributed by atoms with E-state index in [9.17, 15) is 0 Å². The first-order valence-electron chi connectivity index (χ1n) is 18.9. The van der Waals surface area contributed by atoms with E-state index in [1.54, 1.807) is 0 Å². The minimum atomic E-state index is -0.502. The molecule has 3 heteroatoms. The fraction of sp³-hybridized carbons (Fsp3) is 0.160. The Morgan fingerprint density at radius 1 is 0.604 bits per heavy atom. The van der Waals surface area contributed by atoms with Crippen LogP contribution in [-0.2, 0) is 11.0 Å². The maximum absolute atomic E-state index is 7.04. The first kappa shape index (κ1) is 30.6. The van der Waals surface area contributed by atoms with E-state index < -0.39 is 5.54 Å². The Labute approximate surface area is 310 Å². The Morgan fingerprint density at radius 2 is 1.25 bits per heavy atom. The molecule has 4 unspecified atom stereocenters. The minimum absolute atomic E-state index is 0.145. The largest absolute Gasteiger partial charge is 0.460 e. The summed E-state index contributed by atoms with van der Waals surface area (Å²) in [6.07, 6.45) is 4.92. The lowest BCUT2D eigenvalue weighted by atomic mass is 9.53. The van der Waals surface area contributed by atoms with Crippen LogP contribution in [0, 0.1) is 5.92 Å². The lowest BCUT2D eigenvalue weighted by Crippen LogP contribution is -2.56. The van der Waals surface area contributed by atoms with Gasteiger partial charge >= 0.3 is 0 Å². The number of allylic oxidation sites excluding steroid dienone is 3. The molecule has 0 N–H and O–H groups in total. The zero-order chi connectivity index (χ0) is 35.6. The Balaban J connectivity index is 1.18. The van der Waals surface area contributed by atoms with Crippen molar-refractivity contribution >= 4 is 44.1 Å². The number of aromatic nitrogens is 1. The van der Waals surface area contributed by atoms with E-state index in [2.05, 4.69) is 195 Å². The molecule has 3 heterocycles. The molecule has 53 heavy (non-hydrogen) atoms. The first-order chi connectivity index (χ1) is 25.9. The summed E-state index contributed by atoms with van der Waals surface area (Å²) in [4.78, 5) is 2.61. The molecule has 2 aliphatic carbocycles. The summed E-state index contributed by atoms with van der Waals surface area (Å²) in [6.45, 7) is 9.63. The van der Waals surface area contributed by atoms with Gasteiger partial charge in [0, 0.05) is 50.1 Å². The second-order valence-electron chi connectivity index (χ2n) is 15.6. The summed E-state index contributed by atoms with van der Waals surface area (Å²) in [5, 5.41) is 3.70. The van der Waals surface area contributed by atoms with Crippen molar-refractivity contribution in [2.75, 3.05) is 4.90 Å². The van der Waals surface area contributed by atoms with E-state index in [-0.39, 0.29) is 11.3 Å². The highest BCUT2D eigenvalue weighted by Gasteiger charge is 2.59. The molecule has 3 aliphatic rings. The molecule has 0 fully saturated rings. The number of benzene rings is 6. The molecule has 0 amide bonds. The molecular formula is C50H40N2O. The van der Waals surface area contributed by atoms with Gasteiger partial charge in [-0.2, -0.15) is 0 Å². The SMILES string of the molecule is CC1C=CC2(C)C3=C1C(C)c1oc4ccc(-c5ccc6c(c5)c5ccccc5n6-c5ccccc5)cc4c1C3(C)N(c1ccccc1)c1ccccc12. The Bertz CT molecular complexity index is 2850. The molecule has 11 rings (SSSR count). The van der Waals surface area contributed by atoms with Crippen LogP contribution in [-0.4, -0.2) is 4.57 Å². The van der Waals surface area contributed by atoms with Crippen LogP contribution in [0.3, 0.4) is 0 Å². The predicted molar refractivity (Wildman–Crippen MR) is 219 cm³/mol. The van der Waals surface area contributed by atoms with Gasteiger partial charge in [0.25, 0.3) is 0 Å². The Morgan fingerprint density at radius 3 is 2.04 bits per heavy atom. The summed E-state index contributed by atoms with van der Waals surface area (Å²) in [5.74, 6) is 1.54. The van der Waals surface area contributed by atoms with Crippen LogP contribution in [0.25, 0.3) is 49.6 Å². The fourth-order valence-electron chi connectivity index (χ4n) is 10.6. The average Bonchev–Trinajstić information content (AvgIpc) is 3.75. The van der Waals surface area contributed by atoms with Crippen molar-refractivity contribution in [1.29, 1.82) is 0 Å². The van der Waals surface area contributed by atoms with E-state index in [0.29, 0.717) is 5.92 Å². The molecule has 0 radical (unpaired) electrons. The zero-order valence-electron chi connectivity index (χ0n) is 30.5. The number of furan rings is 1. The van der Waals surface area contributed by atoms with Crippen LogP contribution in [0.1, 0.15) is 50.5 Å². The monoisotopic (exact) mass is 684 g/mol. The van der Waals surface area contributed by atoms with Gasteiger partial charge in [-0.05, 0) is 103 Å². The number of hydrogen-bond acceptors (Lipinski definition) is 2. The van der Waals surface area contributed by atoms with Crippen LogP contribution in [0.2, 0.25) is 0 Å². The normalized spacial score (nSPS) is 23.1. The molecule has 1 aliphatic heterocycles. The Hall–Kier alpha value is -6.06. The number of hydrogen-bond donors (Lipinski definition) is 0. The molecule has 0 saturated carbocycles. The van der Waals surface area contributed by atoms with Crippen molar-refractivity contribution in [3.05, 3.63) is 186 Å². The molecule has 0 spiro atoms. The van der Waals surface area contributed by atoms with E-state index in [1.165, 1.54) is 77.7 Å². The molecule has 2 aromatic heterocycles. The van der Waals surface area contributed by atoms with E-state index in [0.717, 1.165) is 11.3 Å². The van der Waals surface area contributed by atoms with Crippen molar-refractivity contribution in [3.63, 3.8) is 0 Å². The number of anilines is 2. The third-order valence-corrected chi connectivity index (χ3v) is 12.8. The summed E-state index contributed by atoms with van der Waals surface area (Å²) >= 11 is 0. The predicted octanol–water partition coefficient (Wildman–Crippen LogP) is 13.1. The van der Waals surface area contributed by atoms with Crippen LogP contribution in [0.4, 0.5) is 11.4 Å². The summed E-state index contributed by atoms with van der Waals surface area (Å²) < 4.78 is 9.43. The number of nitrogens with zero attached hydrogens (tertiary/aromatic N) is 2. The minimum Gasteiger partial charge on any atom is -0.460 e. The van der Waals surface area contributed by atoms with Crippen molar-refractivity contribution in [3.8, 4) is 16.8 Å². The van der Waals surface area contributed by atoms with E-state index >= 15 is 0 Å². The van der Waals surface area contributed by atoms with Gasteiger partial charge in [-0.25, -0.2) is 0 Å². The van der Waals surface area contributed by atoms with E-state index in [4.69, 9.17) is 4.42 Å². The standard InChI is InChI=1S/C50H40N2O/c1-31-27-28-49(3)40-20-12-14-22-43(40)52(36-17-9-6-10-18-36)50(4)46-39-30-34(24-26-44(39)53-47(46)32(2)45(31)48(49)50)33-23-25-42-38(29-33)37-19-11-13-21-41(37)51(42)35-15-7-5-8-16-35/h5-32H,1-4H3. The van der Waals surface area contributed by atoms with Gasteiger partial charge < -0.3 is 13.9 Å². The molecule has 0 bridgehead atoms. The van der Waals surface area contributed by atoms with Crippen molar-refractivity contribution in [1.82, 2.24) is 4.57 Å². The lowest BCUT2D eigenvalue weighted by Gasteiger charge is -2.59. The Kier molecular flexibility index (Phi) is 6.19. The number of rotatable bonds is 3. The highest BCUT2D eigenvalue weighted by molar-refractivity contribution is 6.10. The van der Waals surface area contributed by atoms with Crippen molar-refractivity contribution < 1.29 is 4.42 Å². The quantitative estimate of drug-likeness (QED) is 0.173. The van der Waals surface area contributed by atoms with Crippen LogP contribution >= 0.6 is 0 Å². The van der Waals surface area contributed by atoms with Gasteiger partial charge in [0.2, 0.25) is 0 Å². The fourth-order valence-corrected chi connectivity index (χ4v) is 10.6. The number of para-hydroxylation sites is 4. The number of fused-ring (bicyclic) bond motifs is 9. The third kappa shape index (κ3) is 3.95. The van der Waals surface area contributed by atoms with Gasteiger partial charge in [-0.3, -0.25) is 0 Å². The van der Waals surface area contributed by atoms with Gasteiger partial charge in [-0.1, -0.05) is 117 Å². The van der Waals surface area contributed by atoms with Crippen LogP contribution < -0.4 is 4.90 Å². The molecule has 6 aromatic carbocycles. The molecular weight excluding hydrogens is 645 g/mol. The van der Waals surface area contributed by atoms with Gasteiger partial charge in [0.15, 0.2) is 0 Å². The van der Waals surface area contributed by atoms with Gasteiger partial charge in [0.05, 0.1) is 16.6 Å². The molecule has 3 nitrogen and oxygen atoms in total. The maximum Gasteiger partial charge on any atom is 0.134 e. The van der Waals surface area contributed by atoms with Crippen molar-refractivity contribution in [2.24, 2.45) is 5.92 Å². The van der Waals surface area contributed by atoms with Crippen LogP contribution in [0.15, 0.2) is 173 Å². The van der Waals surface area contributed by atoms with Crippen LogP contribution in [0.5, 0.6) is 0 Å². The summed E-state index contributed by atoms with van der Waals surface area (Å²) in [6, 6.07) is 53.3. The molecule has 8 aromatic rings. The first-order valence-corrected chi connectivity index (χ1v) is 18.9. The average molecular weight is 685 g/mol. The molecule has 4 atom stereocenters. The van der Waals surface area contributed by atoms with Gasteiger partial charge in [-0.15, -0.1) is 0 Å². The second-order valence-corrected chi connectivity index (χ2v) is 15.6.